The minimum atomic E-state index is -3.00. The molecule has 1 aromatic carbocycles. The number of aromatic nitrogens is 5. The maximum atomic E-state index is 12.9. The van der Waals surface area contributed by atoms with E-state index in [1.165, 1.54) is 4.80 Å². The molecule has 0 saturated carbocycles. The van der Waals surface area contributed by atoms with Crippen LogP contribution < -0.4 is 0 Å². The lowest BCUT2D eigenvalue weighted by molar-refractivity contribution is 0.0960. The Morgan fingerprint density at radius 2 is 1.90 bits per heavy atom. The van der Waals surface area contributed by atoms with Crippen molar-refractivity contribution in [1.82, 2.24) is 24.8 Å². The first-order valence-electron chi connectivity index (χ1n) is 9.50. The normalized spacial score (nSPS) is 18.2. The van der Waals surface area contributed by atoms with Gasteiger partial charge in [0.05, 0.1) is 11.5 Å². The summed E-state index contributed by atoms with van der Waals surface area (Å²) in [7, 11) is -3.00. The zero-order valence-corrected chi connectivity index (χ0v) is 17.5. The van der Waals surface area contributed by atoms with Crippen molar-refractivity contribution in [3.8, 4) is 11.4 Å². The third-order valence-corrected chi connectivity index (χ3v) is 7.16. The van der Waals surface area contributed by atoms with Crippen LogP contribution >= 0.6 is 0 Å². The fourth-order valence-corrected chi connectivity index (χ4v) is 5.64. The Bertz CT molecular complexity index is 1180. The van der Waals surface area contributed by atoms with Crippen LogP contribution in [-0.4, -0.2) is 50.5 Å². The highest BCUT2D eigenvalue weighted by molar-refractivity contribution is 7.91. The van der Waals surface area contributed by atoms with Crippen molar-refractivity contribution in [1.29, 1.82) is 0 Å². The third-order valence-electron chi connectivity index (χ3n) is 5.41. The van der Waals surface area contributed by atoms with Gasteiger partial charge in [-0.2, -0.15) is 4.80 Å². The molecular weight excluding hydrogens is 390 g/mol. The zero-order valence-electron chi connectivity index (χ0n) is 16.7. The number of rotatable bonds is 5. The van der Waals surface area contributed by atoms with Gasteiger partial charge in [0, 0.05) is 28.6 Å². The molecule has 0 amide bonds. The van der Waals surface area contributed by atoms with Crippen LogP contribution in [0.25, 0.3) is 11.4 Å². The number of nitrogens with zero attached hydrogens (tertiary/aromatic N) is 5. The van der Waals surface area contributed by atoms with Gasteiger partial charge >= 0.3 is 0 Å². The maximum Gasteiger partial charge on any atom is 0.204 e. The Balaban J connectivity index is 1.54. The van der Waals surface area contributed by atoms with Crippen molar-refractivity contribution in [2.45, 2.75) is 39.8 Å². The van der Waals surface area contributed by atoms with Crippen LogP contribution in [0.15, 0.2) is 30.3 Å². The quantitative estimate of drug-likeness (QED) is 0.595. The second-order valence-electron chi connectivity index (χ2n) is 7.64. The molecule has 0 spiro atoms. The molecule has 3 aromatic rings. The minimum Gasteiger partial charge on any atom is -0.344 e. The summed E-state index contributed by atoms with van der Waals surface area (Å²) >= 11 is 0. The van der Waals surface area contributed by atoms with E-state index in [4.69, 9.17) is 0 Å². The van der Waals surface area contributed by atoms with Crippen LogP contribution in [0.1, 0.15) is 39.8 Å². The van der Waals surface area contributed by atoms with Gasteiger partial charge in [0.25, 0.3) is 0 Å². The van der Waals surface area contributed by atoms with Crippen LogP contribution in [0.5, 0.6) is 0 Å². The molecule has 0 N–H and O–H groups in total. The average molecular weight is 414 g/mol. The summed E-state index contributed by atoms with van der Waals surface area (Å²) in [6.45, 7) is 5.74. The smallest absolute Gasteiger partial charge is 0.204 e. The number of carbonyl (C=O) groups excluding carboxylic acids is 1. The summed E-state index contributed by atoms with van der Waals surface area (Å²) < 4.78 is 25.7. The van der Waals surface area contributed by atoms with Gasteiger partial charge in [-0.15, -0.1) is 10.2 Å². The van der Waals surface area contributed by atoms with Gasteiger partial charge in [-0.25, -0.2) is 8.42 Å². The molecule has 1 aliphatic rings. The van der Waals surface area contributed by atoms with Gasteiger partial charge < -0.3 is 4.57 Å². The predicted molar refractivity (Wildman–Crippen MR) is 109 cm³/mol. The van der Waals surface area contributed by atoms with E-state index in [-0.39, 0.29) is 29.9 Å². The Labute approximate surface area is 169 Å². The lowest BCUT2D eigenvalue weighted by atomic mass is 10.1. The average Bonchev–Trinajstić information content (AvgIpc) is 3.33. The molecule has 4 rings (SSSR count). The van der Waals surface area contributed by atoms with E-state index < -0.39 is 9.84 Å². The first kappa shape index (κ1) is 19.5. The first-order chi connectivity index (χ1) is 13.7. The van der Waals surface area contributed by atoms with E-state index in [1.807, 2.05) is 55.7 Å². The molecule has 2 aromatic heterocycles. The molecule has 0 radical (unpaired) electrons. The molecule has 9 heteroatoms. The summed E-state index contributed by atoms with van der Waals surface area (Å²) in [6.07, 6.45) is 0.580. The lowest BCUT2D eigenvalue weighted by Gasteiger charge is -2.16. The van der Waals surface area contributed by atoms with Gasteiger partial charge in [-0.3, -0.25) is 4.79 Å². The van der Waals surface area contributed by atoms with Crippen molar-refractivity contribution in [3.05, 3.63) is 52.8 Å². The van der Waals surface area contributed by atoms with Crippen molar-refractivity contribution in [2.75, 3.05) is 11.5 Å². The number of hydrogen-bond acceptors (Lipinski definition) is 6. The molecule has 1 aliphatic heterocycles. The molecule has 3 heterocycles. The van der Waals surface area contributed by atoms with E-state index in [0.29, 0.717) is 17.8 Å². The van der Waals surface area contributed by atoms with Crippen LogP contribution in [0.3, 0.4) is 0 Å². The molecule has 152 valence electrons. The largest absolute Gasteiger partial charge is 0.344 e. The molecule has 1 atom stereocenters. The van der Waals surface area contributed by atoms with Crippen molar-refractivity contribution < 1.29 is 13.2 Å². The molecule has 1 saturated heterocycles. The van der Waals surface area contributed by atoms with Gasteiger partial charge in [0.2, 0.25) is 5.82 Å². The van der Waals surface area contributed by atoms with E-state index in [9.17, 15) is 13.2 Å². The van der Waals surface area contributed by atoms with E-state index in [0.717, 1.165) is 22.5 Å². The zero-order chi connectivity index (χ0) is 20.8. The highest BCUT2D eigenvalue weighted by atomic mass is 32.2. The number of hydrogen-bond donors (Lipinski definition) is 0. The molecule has 29 heavy (non-hydrogen) atoms. The minimum absolute atomic E-state index is 0.0217. The van der Waals surface area contributed by atoms with E-state index >= 15 is 0 Å². The fraction of sp³-hybridized carbons (Fsp3) is 0.400. The monoisotopic (exact) mass is 413 g/mol. The van der Waals surface area contributed by atoms with E-state index in [1.54, 1.807) is 0 Å². The molecule has 0 aliphatic carbocycles. The molecular formula is C20H23N5O3S. The Morgan fingerprint density at radius 3 is 2.55 bits per heavy atom. The number of benzene rings is 1. The summed E-state index contributed by atoms with van der Waals surface area (Å²) in [6, 6.07) is 9.49. The Hall–Kier alpha value is -2.81. The van der Waals surface area contributed by atoms with Gasteiger partial charge in [0.1, 0.15) is 6.54 Å². The first-order valence-corrected chi connectivity index (χ1v) is 11.3. The number of sulfone groups is 1. The molecule has 0 bridgehead atoms. The van der Waals surface area contributed by atoms with Gasteiger partial charge in [0.15, 0.2) is 15.6 Å². The number of Topliss-reactive ketones (excluding diaryl/α,β-unsaturated/α-hetero) is 1. The summed E-state index contributed by atoms with van der Waals surface area (Å²) in [5.41, 5.74) is 4.23. The number of tetrazole rings is 1. The highest BCUT2D eigenvalue weighted by Gasteiger charge is 2.31. The van der Waals surface area contributed by atoms with Gasteiger partial charge in [-0.1, -0.05) is 29.8 Å². The number of aryl methyl sites for hydroxylation is 2. The SMILES string of the molecule is Cc1ccc(-c2nnn(CC(=O)c3cc(C)n([C@H]4CCS(=O)(=O)C4)c3C)n2)cc1. The number of ketones is 1. The second kappa shape index (κ2) is 7.22. The Morgan fingerprint density at radius 1 is 1.17 bits per heavy atom. The summed E-state index contributed by atoms with van der Waals surface area (Å²) in [4.78, 5) is 14.2. The molecule has 1 fully saturated rings. The standard InChI is InChI=1S/C20H23N5O3S/c1-13-4-6-16(7-5-13)20-21-23-24(22-20)11-19(26)18-10-14(2)25(15(18)3)17-8-9-29(27,28)12-17/h4-7,10,17H,8-9,11-12H2,1-3H3/t17-/m0/s1. The van der Waals surface area contributed by atoms with Crippen LogP contribution in [-0.2, 0) is 16.4 Å². The predicted octanol–water partition coefficient (Wildman–Crippen LogP) is 2.31. The lowest BCUT2D eigenvalue weighted by Crippen LogP contribution is -2.16. The van der Waals surface area contributed by atoms with E-state index in [2.05, 4.69) is 15.4 Å². The fourth-order valence-electron chi connectivity index (χ4n) is 3.94. The van der Waals surface area contributed by atoms with Gasteiger partial charge in [-0.05, 0) is 38.5 Å². The maximum absolute atomic E-state index is 12.9. The van der Waals surface area contributed by atoms with Crippen molar-refractivity contribution >= 4 is 15.6 Å². The summed E-state index contributed by atoms with van der Waals surface area (Å²) in [5, 5.41) is 12.4. The topological polar surface area (TPSA) is 99.7 Å². The highest BCUT2D eigenvalue weighted by Crippen LogP contribution is 2.29. The molecule has 8 nitrogen and oxygen atoms in total. The molecule has 0 unspecified atom stereocenters. The Kier molecular flexibility index (Phi) is 4.85. The summed E-state index contributed by atoms with van der Waals surface area (Å²) in [5.74, 6) is 0.669. The van der Waals surface area contributed by atoms with Crippen molar-refractivity contribution in [2.24, 2.45) is 0 Å². The van der Waals surface area contributed by atoms with Crippen LogP contribution in [0.2, 0.25) is 0 Å². The van der Waals surface area contributed by atoms with Crippen LogP contribution in [0, 0.1) is 20.8 Å². The van der Waals surface area contributed by atoms with Crippen LogP contribution in [0.4, 0.5) is 0 Å². The second-order valence-corrected chi connectivity index (χ2v) is 9.87. The van der Waals surface area contributed by atoms with Crippen molar-refractivity contribution in [3.63, 3.8) is 0 Å². The number of carbonyl (C=O) groups is 1. The third kappa shape index (κ3) is 3.87.